The number of β-amino-alcohol motifs (C(OH)–C–C–N with tert-alkyl or cyclic N) is 1. The van der Waals surface area contributed by atoms with Crippen molar-refractivity contribution in [3.8, 4) is 11.5 Å². The molecule has 200 valence electrons. The highest BCUT2D eigenvalue weighted by Crippen LogP contribution is 2.25. The third-order valence-corrected chi connectivity index (χ3v) is 6.66. The molecule has 0 saturated carbocycles. The van der Waals surface area contributed by atoms with E-state index in [-0.39, 0.29) is 0 Å². The van der Waals surface area contributed by atoms with Crippen LogP contribution in [0.25, 0.3) is 10.9 Å². The van der Waals surface area contributed by atoms with Crippen LogP contribution in [0, 0.1) is 12.8 Å². The molecule has 1 unspecified atom stereocenters. The predicted molar refractivity (Wildman–Crippen MR) is 149 cm³/mol. The van der Waals surface area contributed by atoms with Gasteiger partial charge in [-0.3, -0.25) is 0 Å². The zero-order chi connectivity index (χ0) is 26.7. The summed E-state index contributed by atoms with van der Waals surface area (Å²) in [7, 11) is 0. The van der Waals surface area contributed by atoms with Gasteiger partial charge in [-0.1, -0.05) is 36.4 Å². The summed E-state index contributed by atoms with van der Waals surface area (Å²) >= 11 is 0. The summed E-state index contributed by atoms with van der Waals surface area (Å²) in [4.78, 5) is 15.7. The zero-order valence-corrected chi connectivity index (χ0v) is 21.8. The van der Waals surface area contributed by atoms with Gasteiger partial charge in [0.2, 0.25) is 0 Å². The number of aromatic carboxylic acids is 1. The highest BCUT2D eigenvalue weighted by Gasteiger charge is 2.22. The van der Waals surface area contributed by atoms with E-state index in [0.29, 0.717) is 24.6 Å². The number of aliphatic hydroxyl groups is 1. The summed E-state index contributed by atoms with van der Waals surface area (Å²) in [5.74, 6) is 1.47. The number of rotatable bonds is 9. The molecular formula is C31H36N2O5. The second-order valence-electron chi connectivity index (χ2n) is 9.70. The fourth-order valence-electron chi connectivity index (χ4n) is 4.55. The van der Waals surface area contributed by atoms with Crippen LogP contribution in [0.3, 0.4) is 0 Å². The van der Waals surface area contributed by atoms with Crippen molar-refractivity contribution in [2.45, 2.75) is 25.9 Å². The van der Waals surface area contributed by atoms with Crippen molar-refractivity contribution in [2.24, 2.45) is 5.92 Å². The molecule has 1 saturated heterocycles. The van der Waals surface area contributed by atoms with Gasteiger partial charge in [-0.15, -0.1) is 0 Å². The summed E-state index contributed by atoms with van der Waals surface area (Å²) in [5, 5.41) is 19.9. The molecule has 2 heterocycles. The van der Waals surface area contributed by atoms with Gasteiger partial charge < -0.3 is 29.6 Å². The van der Waals surface area contributed by atoms with Gasteiger partial charge in [-0.25, -0.2) is 4.79 Å². The van der Waals surface area contributed by atoms with E-state index in [1.807, 2.05) is 42.6 Å². The van der Waals surface area contributed by atoms with E-state index in [0.717, 1.165) is 54.9 Å². The topological polar surface area (TPSA) is 95.0 Å². The molecule has 0 bridgehead atoms. The molecule has 3 N–H and O–H groups in total. The summed E-state index contributed by atoms with van der Waals surface area (Å²) < 4.78 is 11.9. The Balaban J connectivity index is 0.000000317. The van der Waals surface area contributed by atoms with Crippen molar-refractivity contribution in [1.82, 2.24) is 9.88 Å². The van der Waals surface area contributed by atoms with Crippen LogP contribution in [0.4, 0.5) is 0 Å². The Hall–Kier alpha value is -3.81. The second-order valence-corrected chi connectivity index (χ2v) is 9.70. The minimum Gasteiger partial charge on any atom is -0.493 e. The Bertz CT molecular complexity index is 1280. The molecule has 4 aromatic rings. The Labute approximate surface area is 223 Å². The van der Waals surface area contributed by atoms with E-state index in [4.69, 9.17) is 14.6 Å². The molecule has 0 aliphatic carbocycles. The summed E-state index contributed by atoms with van der Waals surface area (Å²) in [6.45, 7) is 5.79. The normalized spacial score (nSPS) is 14.9. The smallest absolute Gasteiger partial charge is 0.335 e. The van der Waals surface area contributed by atoms with Gasteiger partial charge in [0.1, 0.15) is 24.2 Å². The Morgan fingerprint density at radius 2 is 1.76 bits per heavy atom. The maximum Gasteiger partial charge on any atom is 0.335 e. The highest BCUT2D eigenvalue weighted by molar-refractivity contribution is 5.87. The number of aliphatic hydroxyl groups excluding tert-OH is 1. The van der Waals surface area contributed by atoms with E-state index < -0.39 is 12.1 Å². The molecule has 1 aliphatic rings. The average molecular weight is 517 g/mol. The van der Waals surface area contributed by atoms with E-state index in [2.05, 4.69) is 28.9 Å². The largest absolute Gasteiger partial charge is 0.493 e. The number of ether oxygens (including phenoxy) is 2. The molecule has 1 aliphatic heterocycles. The SMILES string of the molecule is Cc1cccc(OCC2CCN(CC(O)COc3cccc4[nH]ccc34)CC2)c1.O=C(O)c1ccccc1. The molecule has 3 aromatic carbocycles. The Kier molecular flexibility index (Phi) is 9.78. The monoisotopic (exact) mass is 516 g/mol. The molecule has 1 fully saturated rings. The van der Waals surface area contributed by atoms with Crippen LogP contribution in [-0.4, -0.2) is 65.0 Å². The first-order chi connectivity index (χ1) is 18.5. The number of hydrogen-bond donors (Lipinski definition) is 3. The average Bonchev–Trinajstić information content (AvgIpc) is 3.42. The van der Waals surface area contributed by atoms with Crippen LogP contribution in [0.5, 0.6) is 11.5 Å². The predicted octanol–water partition coefficient (Wildman–Crippen LogP) is 5.39. The molecule has 5 rings (SSSR count). The van der Waals surface area contributed by atoms with E-state index >= 15 is 0 Å². The van der Waals surface area contributed by atoms with Crippen molar-refractivity contribution >= 4 is 16.9 Å². The molecule has 1 aromatic heterocycles. The first-order valence-electron chi connectivity index (χ1n) is 13.0. The molecule has 1 atom stereocenters. The fourth-order valence-corrected chi connectivity index (χ4v) is 4.55. The quantitative estimate of drug-likeness (QED) is 0.276. The maximum absolute atomic E-state index is 10.4. The lowest BCUT2D eigenvalue weighted by Gasteiger charge is -2.33. The number of fused-ring (bicyclic) bond motifs is 1. The number of carboxylic acid groups (broad SMARTS) is 1. The van der Waals surface area contributed by atoms with Crippen LogP contribution >= 0.6 is 0 Å². The lowest BCUT2D eigenvalue weighted by molar-refractivity contribution is 0.0507. The lowest BCUT2D eigenvalue weighted by atomic mass is 9.97. The van der Waals surface area contributed by atoms with E-state index in [1.54, 1.807) is 30.3 Å². The second kappa shape index (κ2) is 13.7. The molecule has 7 nitrogen and oxygen atoms in total. The number of aryl methyl sites for hydroxylation is 1. The Morgan fingerprint density at radius 3 is 2.47 bits per heavy atom. The van der Waals surface area contributed by atoms with Crippen LogP contribution in [0.1, 0.15) is 28.8 Å². The maximum atomic E-state index is 10.4. The van der Waals surface area contributed by atoms with Crippen molar-refractivity contribution in [2.75, 3.05) is 32.8 Å². The van der Waals surface area contributed by atoms with Gasteiger partial charge in [-0.2, -0.15) is 0 Å². The third-order valence-electron chi connectivity index (χ3n) is 6.66. The summed E-state index contributed by atoms with van der Waals surface area (Å²) in [6.07, 6.45) is 3.61. The van der Waals surface area contributed by atoms with Gasteiger partial charge in [-0.05, 0) is 86.8 Å². The highest BCUT2D eigenvalue weighted by atomic mass is 16.5. The van der Waals surface area contributed by atoms with Gasteiger partial charge in [0, 0.05) is 23.6 Å². The number of nitrogens with one attached hydrogen (secondary N) is 1. The third kappa shape index (κ3) is 8.10. The first kappa shape index (κ1) is 27.2. The van der Waals surface area contributed by atoms with Crippen LogP contribution in [0.15, 0.2) is 85.1 Å². The zero-order valence-electron chi connectivity index (χ0n) is 21.8. The number of nitrogens with zero attached hydrogens (tertiary/aromatic N) is 1. The van der Waals surface area contributed by atoms with E-state index in [9.17, 15) is 9.90 Å². The van der Waals surface area contributed by atoms with E-state index in [1.165, 1.54) is 5.56 Å². The Morgan fingerprint density at radius 1 is 1.00 bits per heavy atom. The molecular weight excluding hydrogens is 480 g/mol. The molecule has 38 heavy (non-hydrogen) atoms. The van der Waals surface area contributed by atoms with Gasteiger partial charge in [0.05, 0.1) is 12.2 Å². The number of H-pyrrole nitrogens is 1. The molecule has 0 radical (unpaired) electrons. The minimum atomic E-state index is -0.879. The van der Waals surface area contributed by atoms with Crippen molar-refractivity contribution in [3.63, 3.8) is 0 Å². The standard InChI is InChI=1S/C24H30N2O3.C7H6O2/c1-18-4-2-5-21(14-18)28-16-19-9-12-26(13-10-19)15-20(27)17-29-24-7-3-6-23-22(24)8-11-25-23;8-7(9)6-4-2-1-3-5-6/h2-8,11,14,19-20,25,27H,9-10,12-13,15-17H2,1H3;1-5H,(H,8,9). The van der Waals surface area contributed by atoms with Crippen LogP contribution in [0.2, 0.25) is 0 Å². The van der Waals surface area contributed by atoms with Crippen molar-refractivity contribution in [3.05, 3.63) is 96.2 Å². The van der Waals surface area contributed by atoms with Crippen molar-refractivity contribution < 1.29 is 24.5 Å². The number of carbonyl (C=O) groups is 1. The summed E-state index contributed by atoms with van der Waals surface area (Å²) in [6, 6.07) is 24.4. The summed E-state index contributed by atoms with van der Waals surface area (Å²) in [5.41, 5.74) is 2.60. The van der Waals surface area contributed by atoms with Crippen LogP contribution < -0.4 is 9.47 Å². The number of piperidine rings is 1. The van der Waals surface area contributed by atoms with Crippen LogP contribution in [-0.2, 0) is 0 Å². The lowest BCUT2D eigenvalue weighted by Crippen LogP contribution is -2.41. The number of aromatic nitrogens is 1. The van der Waals surface area contributed by atoms with Gasteiger partial charge >= 0.3 is 5.97 Å². The number of hydrogen-bond acceptors (Lipinski definition) is 5. The minimum absolute atomic E-state index is 0.306. The molecule has 7 heteroatoms. The fraction of sp³-hybridized carbons (Fsp3) is 0.323. The number of carboxylic acids is 1. The number of aromatic amines is 1. The van der Waals surface area contributed by atoms with Gasteiger partial charge in [0.25, 0.3) is 0 Å². The first-order valence-corrected chi connectivity index (χ1v) is 13.0. The van der Waals surface area contributed by atoms with Gasteiger partial charge in [0.15, 0.2) is 0 Å². The number of benzene rings is 3. The molecule has 0 spiro atoms. The number of likely N-dealkylation sites (tertiary alicyclic amines) is 1. The molecule has 0 amide bonds. The van der Waals surface area contributed by atoms with Crippen molar-refractivity contribution in [1.29, 1.82) is 0 Å².